The van der Waals surface area contributed by atoms with E-state index in [1.807, 2.05) is 0 Å². The van der Waals surface area contributed by atoms with E-state index in [2.05, 4.69) is 0 Å². The molecule has 0 amide bonds. The van der Waals surface area contributed by atoms with Crippen LogP contribution in [0.2, 0.25) is 0 Å². The summed E-state index contributed by atoms with van der Waals surface area (Å²) in [6, 6.07) is 0. The maximum Gasteiger partial charge on any atom is 2.00 e. The zero-order valence-corrected chi connectivity index (χ0v) is 17.0. The van der Waals surface area contributed by atoms with Crippen LogP contribution in [-0.4, -0.2) is 39.3 Å². The van der Waals surface area contributed by atoms with Gasteiger partial charge in [-0.15, -0.1) is 0 Å². The molecule has 0 saturated heterocycles. The molecule has 0 atom stereocenters. The molecule has 11 heteroatoms. The second-order valence-corrected chi connectivity index (χ2v) is 0.632. The van der Waals surface area contributed by atoms with E-state index >= 15 is 0 Å². The molecule has 48 valence electrons. The quantitative estimate of drug-likeness (QED) is 0.474. The minimum atomic E-state index is -1.50. The first kappa shape index (κ1) is 51.7. The largest absolute Gasteiger partial charge is 2.00 e. The predicted octanol–water partition coefficient (Wildman–Crippen LogP) is -2.36. The smallest absolute Gasteiger partial charge is 2.00 e. The Kier molecular flexibility index (Phi) is 421. The Morgan fingerprint density at radius 2 is 0.727 bits per heavy atom. The molecule has 0 fully saturated rings. The molecule has 0 rings (SSSR count). The monoisotopic (exact) mass is 344 g/mol. The van der Waals surface area contributed by atoms with Gasteiger partial charge in [0.2, 0.25) is 0 Å². The number of hydrogen-bond acceptors (Lipinski definition) is 2. The summed E-state index contributed by atoms with van der Waals surface area (Å²) < 4.78 is 31.3. The first-order valence-corrected chi connectivity index (χ1v) is 2.96. The third-order valence-corrected chi connectivity index (χ3v) is 0. The molecule has 0 heterocycles. The van der Waals surface area contributed by atoms with Crippen molar-refractivity contribution in [3.8, 4) is 0 Å². The second kappa shape index (κ2) is 89.6. The fourth-order valence-corrected chi connectivity index (χ4v) is 0. The van der Waals surface area contributed by atoms with Crippen molar-refractivity contribution in [2.45, 2.75) is 0 Å². The van der Waals surface area contributed by atoms with Crippen LogP contribution in [0.5, 0.6) is 0 Å². The topological polar surface area (TPSA) is 132 Å². The van der Waals surface area contributed by atoms with E-state index in [9.17, 15) is 0 Å². The summed E-state index contributed by atoms with van der Waals surface area (Å²) in [5.41, 5.74) is 0. The average molecular weight is 348 g/mol. The van der Waals surface area contributed by atoms with Crippen molar-refractivity contribution in [3.63, 3.8) is 0 Å². The minimum Gasteiger partial charge on any atom is 2.00 e. The van der Waals surface area contributed by atoms with Crippen LogP contribution >= 0.6 is 0 Å². The van der Waals surface area contributed by atoms with Crippen LogP contribution in [0.3, 0.4) is 0 Å². The first-order valence-electron chi connectivity index (χ1n) is 0.988. The first-order chi connectivity index (χ1) is 2.83. The third kappa shape index (κ3) is 289. The third-order valence-electron chi connectivity index (χ3n) is 0. The fraction of sp³-hybridized carbons (Fsp3) is 0. The van der Waals surface area contributed by atoms with Gasteiger partial charge in [-0.3, -0.25) is 0 Å². The van der Waals surface area contributed by atoms with Crippen molar-refractivity contribution >= 4 is 31.0 Å². The normalized spacial score (nSPS) is 1.45. The van der Waals surface area contributed by atoms with E-state index in [1.54, 1.807) is 0 Å². The van der Waals surface area contributed by atoms with Crippen LogP contribution in [0.4, 0.5) is 0 Å². The van der Waals surface area contributed by atoms with Gasteiger partial charge in [-0.2, -0.15) is 0 Å². The van der Waals surface area contributed by atoms with Gasteiger partial charge in [0, 0.05) is 0 Å². The standard InChI is InChI=1S/2Al.2H2O.4O.3Zn/h;;2*1H2;;;;;;;/q2*+1;;;;;2*-2;3*+2/p-2. The molecule has 0 spiro atoms. The maximum absolute atomic E-state index is 8.57. The van der Waals surface area contributed by atoms with Gasteiger partial charge >= 0.3 is 105 Å². The van der Waals surface area contributed by atoms with Crippen LogP contribution in [0.25, 0.3) is 0 Å². The van der Waals surface area contributed by atoms with E-state index in [0.717, 1.165) is 0 Å². The summed E-state index contributed by atoms with van der Waals surface area (Å²) in [6.45, 7) is 0. The van der Waals surface area contributed by atoms with Crippen molar-refractivity contribution in [2.24, 2.45) is 0 Å². The SMILES string of the molecule is [O-2].[O-2].[O]=[Al][OH].[O]=[Al][OH].[Zn+2].[Zn+2].[Zn+2]. The summed E-state index contributed by atoms with van der Waals surface area (Å²) in [7, 11) is 0. The molecular formula is H2Al2O6Zn3+2. The van der Waals surface area contributed by atoms with Crippen LogP contribution in [0.1, 0.15) is 0 Å². The van der Waals surface area contributed by atoms with Gasteiger partial charge in [0.15, 0.2) is 0 Å². The molecule has 0 aliphatic rings. The van der Waals surface area contributed by atoms with Crippen LogP contribution < -0.4 is 0 Å². The predicted molar refractivity (Wildman–Crippen MR) is 18.7 cm³/mol. The van der Waals surface area contributed by atoms with Crippen molar-refractivity contribution < 1.29 is 85.3 Å². The van der Waals surface area contributed by atoms with Crippen molar-refractivity contribution in [1.29, 1.82) is 0 Å². The molecule has 6 nitrogen and oxygen atoms in total. The molecule has 0 aliphatic heterocycles. The van der Waals surface area contributed by atoms with Crippen molar-refractivity contribution in [1.82, 2.24) is 0 Å². The summed E-state index contributed by atoms with van der Waals surface area (Å²) in [4.78, 5) is 0. The Bertz CT molecular complexity index is 36.8. The van der Waals surface area contributed by atoms with E-state index in [-0.39, 0.29) is 69.4 Å². The molecule has 0 saturated carbocycles. The Hall–Kier alpha value is 2.06. The molecule has 0 radical (unpaired) electrons. The average Bonchev–Trinajstić information content (AvgIpc) is 1.39. The second-order valence-electron chi connectivity index (χ2n) is 0.211. The zero-order chi connectivity index (χ0) is 5.41. The number of hydrogen-bond donors (Lipinski definition) is 2. The van der Waals surface area contributed by atoms with Crippen molar-refractivity contribution in [2.75, 3.05) is 0 Å². The van der Waals surface area contributed by atoms with Crippen LogP contribution in [0.15, 0.2) is 0 Å². The molecule has 0 aliphatic carbocycles. The minimum absolute atomic E-state index is 0. The fourth-order valence-electron chi connectivity index (χ4n) is 0. The summed E-state index contributed by atoms with van der Waals surface area (Å²) in [5, 5.41) is 0. The van der Waals surface area contributed by atoms with Crippen LogP contribution in [-0.2, 0) is 77.0 Å². The van der Waals surface area contributed by atoms with Gasteiger partial charge < -0.3 is 11.0 Å². The van der Waals surface area contributed by atoms with E-state index in [1.165, 1.54) is 0 Å². The zero-order valence-electron chi connectivity index (χ0n) is 5.80. The molecule has 0 aromatic rings. The Balaban J connectivity index is -0.00000000400. The molecule has 0 aromatic heterocycles. The van der Waals surface area contributed by atoms with Gasteiger partial charge in [0.25, 0.3) is 0 Å². The Morgan fingerprint density at radius 3 is 0.727 bits per heavy atom. The molecule has 2 N–H and O–H groups in total. The molecule has 0 bridgehead atoms. The number of rotatable bonds is 0. The Morgan fingerprint density at radius 1 is 0.727 bits per heavy atom. The van der Waals surface area contributed by atoms with Gasteiger partial charge in [0.05, 0.1) is 0 Å². The van der Waals surface area contributed by atoms with Gasteiger partial charge in [-0.05, 0) is 0 Å². The molecule has 11 heavy (non-hydrogen) atoms. The van der Waals surface area contributed by atoms with Gasteiger partial charge in [-0.25, -0.2) is 0 Å². The van der Waals surface area contributed by atoms with Gasteiger partial charge in [0.1, 0.15) is 0 Å². The summed E-state index contributed by atoms with van der Waals surface area (Å²) in [6.07, 6.45) is 0. The van der Waals surface area contributed by atoms with E-state index in [0.29, 0.717) is 0 Å². The summed E-state index contributed by atoms with van der Waals surface area (Å²) in [5.74, 6) is 0. The molecule has 0 unspecified atom stereocenters. The molecule has 0 aromatic carbocycles. The van der Waals surface area contributed by atoms with Crippen LogP contribution in [0, 0.1) is 0 Å². The van der Waals surface area contributed by atoms with Gasteiger partial charge in [-0.1, -0.05) is 0 Å². The summed E-state index contributed by atoms with van der Waals surface area (Å²) >= 11 is -3.00. The maximum atomic E-state index is 8.57. The van der Waals surface area contributed by atoms with E-state index in [4.69, 9.17) is 15.9 Å². The molecular weight excluding hydrogens is 346 g/mol. The van der Waals surface area contributed by atoms with Crippen molar-refractivity contribution in [3.05, 3.63) is 0 Å². The Labute approximate surface area is 115 Å². The van der Waals surface area contributed by atoms with E-state index < -0.39 is 31.0 Å².